The predicted octanol–water partition coefficient (Wildman–Crippen LogP) is 15.5. The minimum Gasteiger partial charge on any atom is -0.309 e. The second kappa shape index (κ2) is 12.4. The lowest BCUT2D eigenvalue weighted by molar-refractivity contribution is 1.31. The van der Waals surface area contributed by atoms with Crippen LogP contribution in [0.15, 0.2) is 200 Å². The molecule has 0 unspecified atom stereocenters. The highest BCUT2D eigenvalue weighted by Gasteiger charge is 2.22. The third-order valence-electron chi connectivity index (χ3n) is 11.0. The van der Waals surface area contributed by atoms with Crippen LogP contribution in [-0.2, 0) is 0 Å². The normalized spacial score (nSPS) is 11.7. The van der Waals surface area contributed by atoms with E-state index in [0.29, 0.717) is 0 Å². The lowest BCUT2D eigenvalue weighted by atomic mass is 9.85. The van der Waals surface area contributed by atoms with Gasteiger partial charge >= 0.3 is 0 Å². The van der Waals surface area contributed by atoms with Crippen LogP contribution in [0.3, 0.4) is 0 Å². The third-order valence-corrected chi connectivity index (χ3v) is 12.2. The van der Waals surface area contributed by atoms with Gasteiger partial charge in [0.1, 0.15) is 0 Å². The highest BCUT2D eigenvalue weighted by molar-refractivity contribution is 7.26. The Morgan fingerprint density at radius 3 is 1.63 bits per heavy atom. The zero-order valence-electron chi connectivity index (χ0n) is 29.4. The van der Waals surface area contributed by atoms with Crippen molar-refractivity contribution in [3.05, 3.63) is 200 Å². The topological polar surface area (TPSA) is 3.24 Å². The fraction of sp³-hybridized carbons (Fsp3) is 0. The molecule has 10 aromatic carbocycles. The Balaban J connectivity index is 1.25. The van der Waals surface area contributed by atoms with Crippen molar-refractivity contribution in [3.63, 3.8) is 0 Å². The van der Waals surface area contributed by atoms with Crippen LogP contribution in [0.4, 0.5) is 17.1 Å². The molecule has 11 rings (SSSR count). The van der Waals surface area contributed by atoms with Gasteiger partial charge in [0.2, 0.25) is 0 Å². The number of hydrogen-bond acceptors (Lipinski definition) is 2. The molecule has 0 atom stereocenters. The Morgan fingerprint density at radius 2 is 0.852 bits per heavy atom. The van der Waals surface area contributed by atoms with Gasteiger partial charge in [-0.2, -0.15) is 0 Å². The van der Waals surface area contributed by atoms with Crippen molar-refractivity contribution >= 4 is 91.7 Å². The molecule has 0 saturated carbocycles. The van der Waals surface area contributed by atoms with Crippen molar-refractivity contribution in [2.24, 2.45) is 0 Å². The van der Waals surface area contributed by atoms with E-state index < -0.39 is 0 Å². The summed E-state index contributed by atoms with van der Waals surface area (Å²) in [7, 11) is 0. The SMILES string of the molecule is c1ccc(-c2c(-c3ccccc3)c3cc(N(c4ccc5c(ccc6ccccc65)c4)c4cccc5c4sc4ccccc45)ccc3c3ccccc23)cc1. The van der Waals surface area contributed by atoms with Crippen LogP contribution in [0, 0.1) is 0 Å². The number of thiophene rings is 1. The lowest BCUT2D eigenvalue weighted by Crippen LogP contribution is -2.10. The van der Waals surface area contributed by atoms with Gasteiger partial charge in [-0.05, 0) is 102 Å². The molecule has 0 saturated heterocycles. The third kappa shape index (κ3) is 4.85. The molecule has 54 heavy (non-hydrogen) atoms. The van der Waals surface area contributed by atoms with E-state index in [2.05, 4.69) is 205 Å². The Labute approximate surface area is 317 Å². The molecule has 0 spiro atoms. The Bertz CT molecular complexity index is 3210. The van der Waals surface area contributed by atoms with E-state index in [9.17, 15) is 0 Å². The zero-order valence-corrected chi connectivity index (χ0v) is 30.2. The molecular weight excluding hydrogens is 671 g/mol. The number of fused-ring (bicyclic) bond motifs is 9. The molecule has 1 aromatic heterocycles. The van der Waals surface area contributed by atoms with Crippen molar-refractivity contribution in [1.29, 1.82) is 0 Å². The van der Waals surface area contributed by atoms with Crippen LogP contribution >= 0.6 is 11.3 Å². The summed E-state index contributed by atoms with van der Waals surface area (Å²) in [6, 6.07) is 73.6. The minimum absolute atomic E-state index is 1.12. The molecule has 0 radical (unpaired) electrons. The van der Waals surface area contributed by atoms with Gasteiger partial charge in [0.05, 0.1) is 10.4 Å². The van der Waals surface area contributed by atoms with Crippen molar-refractivity contribution in [1.82, 2.24) is 0 Å². The number of anilines is 3. The smallest absolute Gasteiger partial charge is 0.0640 e. The first kappa shape index (κ1) is 30.8. The van der Waals surface area contributed by atoms with E-state index in [1.54, 1.807) is 0 Å². The average molecular weight is 704 g/mol. The van der Waals surface area contributed by atoms with Crippen LogP contribution < -0.4 is 4.90 Å². The van der Waals surface area contributed by atoms with Gasteiger partial charge in [-0.15, -0.1) is 11.3 Å². The predicted molar refractivity (Wildman–Crippen MR) is 235 cm³/mol. The molecule has 0 bridgehead atoms. The molecule has 1 nitrogen and oxygen atoms in total. The molecule has 0 aliphatic rings. The van der Waals surface area contributed by atoms with Crippen LogP contribution in [0.1, 0.15) is 0 Å². The molecule has 252 valence electrons. The van der Waals surface area contributed by atoms with Gasteiger partial charge in [0, 0.05) is 26.8 Å². The second-order valence-corrected chi connectivity index (χ2v) is 15.1. The summed E-state index contributed by atoms with van der Waals surface area (Å²) >= 11 is 1.88. The van der Waals surface area contributed by atoms with Gasteiger partial charge in [-0.1, -0.05) is 164 Å². The summed E-state index contributed by atoms with van der Waals surface area (Å²) < 4.78 is 2.58. The second-order valence-electron chi connectivity index (χ2n) is 14.0. The molecule has 0 aliphatic carbocycles. The lowest BCUT2D eigenvalue weighted by Gasteiger charge is -2.28. The number of nitrogens with zero attached hydrogens (tertiary/aromatic N) is 1. The fourth-order valence-electron chi connectivity index (χ4n) is 8.60. The van der Waals surface area contributed by atoms with E-state index in [1.807, 2.05) is 11.3 Å². The molecular formula is C52H33NS. The first-order valence-corrected chi connectivity index (χ1v) is 19.3. The van der Waals surface area contributed by atoms with Gasteiger partial charge in [0.25, 0.3) is 0 Å². The maximum absolute atomic E-state index is 2.48. The van der Waals surface area contributed by atoms with Crippen LogP contribution in [0.5, 0.6) is 0 Å². The molecule has 0 amide bonds. The van der Waals surface area contributed by atoms with Crippen molar-refractivity contribution in [3.8, 4) is 22.3 Å². The maximum Gasteiger partial charge on any atom is 0.0640 e. The highest BCUT2D eigenvalue weighted by atomic mass is 32.1. The van der Waals surface area contributed by atoms with E-state index in [1.165, 1.54) is 91.2 Å². The molecule has 2 heteroatoms. The molecule has 1 heterocycles. The Hall–Kier alpha value is -6.74. The molecule has 11 aromatic rings. The average Bonchev–Trinajstić information content (AvgIpc) is 3.63. The van der Waals surface area contributed by atoms with Crippen LogP contribution in [-0.4, -0.2) is 0 Å². The summed E-state index contributed by atoms with van der Waals surface area (Å²) in [5.41, 5.74) is 8.37. The maximum atomic E-state index is 2.48. The minimum atomic E-state index is 1.12. The summed E-state index contributed by atoms with van der Waals surface area (Å²) in [6.45, 7) is 0. The van der Waals surface area contributed by atoms with Crippen LogP contribution in [0.25, 0.3) is 85.5 Å². The first-order valence-electron chi connectivity index (χ1n) is 18.5. The van der Waals surface area contributed by atoms with E-state index >= 15 is 0 Å². The zero-order chi connectivity index (χ0) is 35.6. The van der Waals surface area contributed by atoms with Gasteiger partial charge < -0.3 is 4.90 Å². The monoisotopic (exact) mass is 703 g/mol. The first-order chi connectivity index (χ1) is 26.8. The van der Waals surface area contributed by atoms with Crippen molar-refractivity contribution < 1.29 is 0 Å². The Kier molecular flexibility index (Phi) is 7.11. The van der Waals surface area contributed by atoms with Gasteiger partial charge in [0.15, 0.2) is 0 Å². The van der Waals surface area contributed by atoms with Gasteiger partial charge in [-0.25, -0.2) is 0 Å². The number of benzene rings is 10. The van der Waals surface area contributed by atoms with E-state index in [-0.39, 0.29) is 0 Å². The molecule has 0 N–H and O–H groups in total. The number of rotatable bonds is 5. The summed E-state index contributed by atoms with van der Waals surface area (Å²) in [6.07, 6.45) is 0. The Morgan fingerprint density at radius 1 is 0.315 bits per heavy atom. The standard InChI is InChI=1S/C52H33NS/c1-3-15-35(16-4-1)50-45-22-10-9-20-42(45)43-31-29-39(33-47(43)51(50)36-17-5-2-6-18-36)53(48-24-13-23-46-44-21-11-12-25-49(44)54-52(46)48)38-28-30-41-37(32-38)27-26-34-14-7-8-19-40(34)41/h1-33H. The quantitative estimate of drug-likeness (QED) is 0.161. The van der Waals surface area contributed by atoms with Gasteiger partial charge in [-0.3, -0.25) is 0 Å². The molecule has 0 aliphatic heterocycles. The van der Waals surface area contributed by atoms with Crippen LogP contribution in [0.2, 0.25) is 0 Å². The summed E-state index contributed by atoms with van der Waals surface area (Å²) in [5, 5.41) is 12.6. The highest BCUT2D eigenvalue weighted by Crippen LogP contribution is 2.49. The largest absolute Gasteiger partial charge is 0.309 e. The fourth-order valence-corrected chi connectivity index (χ4v) is 9.81. The van der Waals surface area contributed by atoms with E-state index in [4.69, 9.17) is 0 Å². The molecule has 0 fully saturated rings. The summed E-state index contributed by atoms with van der Waals surface area (Å²) in [4.78, 5) is 2.48. The number of hydrogen-bond donors (Lipinski definition) is 0. The van der Waals surface area contributed by atoms with Crippen molar-refractivity contribution in [2.45, 2.75) is 0 Å². The summed E-state index contributed by atoms with van der Waals surface area (Å²) in [5.74, 6) is 0. The van der Waals surface area contributed by atoms with E-state index in [0.717, 1.165) is 11.4 Å². The van der Waals surface area contributed by atoms with Crippen molar-refractivity contribution in [2.75, 3.05) is 4.90 Å².